The number of fused-ring (bicyclic) bond motifs is 1. The van der Waals surface area contributed by atoms with Crippen LogP contribution in [0.25, 0.3) is 0 Å². The van der Waals surface area contributed by atoms with E-state index in [-0.39, 0.29) is 29.7 Å². The zero-order chi connectivity index (χ0) is 22.0. The number of nitrogens with one attached hydrogen (secondary N) is 1. The van der Waals surface area contributed by atoms with E-state index in [1.807, 2.05) is 0 Å². The van der Waals surface area contributed by atoms with Crippen molar-refractivity contribution in [2.24, 2.45) is 0 Å². The molecular weight excluding hydrogens is 398 g/mol. The molecule has 8 nitrogen and oxygen atoms in total. The third-order valence-corrected chi connectivity index (χ3v) is 6.34. The number of rotatable bonds is 6. The first-order valence-electron chi connectivity index (χ1n) is 10.9. The van der Waals surface area contributed by atoms with Crippen molar-refractivity contribution >= 4 is 11.6 Å². The zero-order valence-corrected chi connectivity index (χ0v) is 18.1. The molecule has 0 spiro atoms. The largest absolute Gasteiger partial charge is 0.493 e. The van der Waals surface area contributed by atoms with E-state index in [1.165, 1.54) is 16.2 Å². The van der Waals surface area contributed by atoms with Crippen molar-refractivity contribution in [1.29, 1.82) is 0 Å². The summed E-state index contributed by atoms with van der Waals surface area (Å²) in [7, 11) is 3.07. The van der Waals surface area contributed by atoms with Crippen molar-refractivity contribution in [2.75, 3.05) is 19.5 Å². The van der Waals surface area contributed by atoms with E-state index < -0.39 is 0 Å². The normalized spacial score (nSPS) is 16.1. The summed E-state index contributed by atoms with van der Waals surface area (Å²) in [4.78, 5) is 39.2. The van der Waals surface area contributed by atoms with Gasteiger partial charge in [0.1, 0.15) is 6.54 Å². The molecule has 8 heteroatoms. The summed E-state index contributed by atoms with van der Waals surface area (Å²) in [6.07, 6.45) is 7.00. The van der Waals surface area contributed by atoms with Crippen LogP contribution in [0.2, 0.25) is 0 Å². The van der Waals surface area contributed by atoms with Crippen LogP contribution < -0.4 is 26.0 Å². The Morgan fingerprint density at radius 1 is 1.03 bits per heavy atom. The van der Waals surface area contributed by atoms with Crippen LogP contribution in [0, 0.1) is 0 Å². The SMILES string of the molecule is COc1ccc(NC(=O)Cn2c3c(c(=O)n(C4CCCCC4)c2=O)CCC3)cc1OC. The van der Waals surface area contributed by atoms with Crippen LogP contribution in [0.1, 0.15) is 55.8 Å². The van der Waals surface area contributed by atoms with Gasteiger partial charge in [-0.2, -0.15) is 0 Å². The van der Waals surface area contributed by atoms with Crippen molar-refractivity contribution in [3.05, 3.63) is 50.3 Å². The predicted molar refractivity (Wildman–Crippen MR) is 117 cm³/mol. The Bertz CT molecular complexity index is 1100. The summed E-state index contributed by atoms with van der Waals surface area (Å²) in [5.41, 5.74) is 1.45. The number of benzene rings is 1. The quantitative estimate of drug-likeness (QED) is 0.765. The minimum Gasteiger partial charge on any atom is -0.493 e. The molecule has 1 heterocycles. The minimum absolute atomic E-state index is 0.0696. The molecule has 31 heavy (non-hydrogen) atoms. The molecule has 0 atom stereocenters. The van der Waals surface area contributed by atoms with Crippen LogP contribution in [0.5, 0.6) is 11.5 Å². The Kier molecular flexibility index (Phi) is 6.15. The predicted octanol–water partition coefficient (Wildman–Crippen LogP) is 2.66. The second kappa shape index (κ2) is 8.99. The van der Waals surface area contributed by atoms with Crippen LogP contribution >= 0.6 is 0 Å². The van der Waals surface area contributed by atoms with E-state index in [0.717, 1.165) is 38.5 Å². The van der Waals surface area contributed by atoms with Gasteiger partial charge in [0.05, 0.1) is 14.2 Å². The van der Waals surface area contributed by atoms with Gasteiger partial charge in [0.15, 0.2) is 11.5 Å². The van der Waals surface area contributed by atoms with Crippen molar-refractivity contribution in [3.63, 3.8) is 0 Å². The highest BCUT2D eigenvalue weighted by atomic mass is 16.5. The van der Waals surface area contributed by atoms with Crippen LogP contribution in [0.4, 0.5) is 5.69 Å². The van der Waals surface area contributed by atoms with Gasteiger partial charge in [-0.3, -0.25) is 18.7 Å². The number of carbonyl (C=O) groups is 1. The second-order valence-electron chi connectivity index (χ2n) is 8.23. The van der Waals surface area contributed by atoms with E-state index in [4.69, 9.17) is 9.47 Å². The highest BCUT2D eigenvalue weighted by molar-refractivity contribution is 5.91. The lowest BCUT2D eigenvalue weighted by Crippen LogP contribution is -2.46. The van der Waals surface area contributed by atoms with Crippen molar-refractivity contribution in [1.82, 2.24) is 9.13 Å². The number of amides is 1. The topological polar surface area (TPSA) is 91.6 Å². The molecule has 1 aromatic heterocycles. The summed E-state index contributed by atoms with van der Waals surface area (Å²) >= 11 is 0. The first-order valence-corrected chi connectivity index (χ1v) is 10.9. The molecule has 2 aliphatic carbocycles. The van der Waals surface area contributed by atoms with Gasteiger partial charge in [0, 0.05) is 29.1 Å². The van der Waals surface area contributed by atoms with E-state index in [9.17, 15) is 14.4 Å². The first kappa shape index (κ1) is 21.2. The van der Waals surface area contributed by atoms with Gasteiger partial charge in [-0.1, -0.05) is 19.3 Å². The maximum Gasteiger partial charge on any atom is 0.331 e. The van der Waals surface area contributed by atoms with Gasteiger partial charge in [-0.15, -0.1) is 0 Å². The van der Waals surface area contributed by atoms with Crippen molar-refractivity contribution < 1.29 is 14.3 Å². The summed E-state index contributed by atoms with van der Waals surface area (Å²) < 4.78 is 13.4. The number of anilines is 1. The van der Waals surface area contributed by atoms with Gasteiger partial charge in [-0.25, -0.2) is 4.79 Å². The fourth-order valence-electron chi connectivity index (χ4n) is 4.82. The lowest BCUT2D eigenvalue weighted by atomic mass is 9.95. The van der Waals surface area contributed by atoms with Gasteiger partial charge in [-0.05, 0) is 44.2 Å². The average Bonchev–Trinajstić information content (AvgIpc) is 3.27. The summed E-state index contributed by atoms with van der Waals surface area (Å²) in [5, 5.41) is 2.83. The number of methoxy groups -OCH3 is 2. The van der Waals surface area contributed by atoms with E-state index >= 15 is 0 Å². The Labute approximate surface area is 180 Å². The van der Waals surface area contributed by atoms with Gasteiger partial charge >= 0.3 is 5.69 Å². The molecule has 1 aromatic carbocycles. The molecule has 0 unspecified atom stereocenters. The summed E-state index contributed by atoms with van der Waals surface area (Å²) in [5.74, 6) is 0.746. The van der Waals surface area contributed by atoms with Crippen LogP contribution in [-0.2, 0) is 24.2 Å². The standard InChI is InChI=1S/C23H29N3O5/c1-30-19-12-11-15(13-20(19)31-2)24-21(27)14-25-18-10-6-9-17(18)22(28)26(23(25)29)16-7-4-3-5-8-16/h11-13,16H,3-10,14H2,1-2H3,(H,24,27). The molecular formula is C23H29N3O5. The maximum atomic E-state index is 13.3. The molecule has 4 rings (SSSR count). The van der Waals surface area contributed by atoms with Crippen LogP contribution in [0.3, 0.4) is 0 Å². The lowest BCUT2D eigenvalue weighted by Gasteiger charge is -2.25. The van der Waals surface area contributed by atoms with E-state index in [1.54, 1.807) is 25.3 Å². The maximum absolute atomic E-state index is 13.3. The third kappa shape index (κ3) is 4.11. The molecule has 166 valence electrons. The fraction of sp³-hybridized carbons (Fsp3) is 0.522. The fourth-order valence-corrected chi connectivity index (χ4v) is 4.82. The third-order valence-electron chi connectivity index (χ3n) is 6.34. The highest BCUT2D eigenvalue weighted by Gasteiger charge is 2.28. The Balaban J connectivity index is 1.64. The Hall–Kier alpha value is -3.03. The van der Waals surface area contributed by atoms with Gasteiger partial charge in [0.2, 0.25) is 5.91 Å². The smallest absolute Gasteiger partial charge is 0.331 e. The molecule has 1 fully saturated rings. The minimum atomic E-state index is -0.361. The van der Waals surface area contributed by atoms with Gasteiger partial charge < -0.3 is 14.8 Å². The van der Waals surface area contributed by atoms with Gasteiger partial charge in [0.25, 0.3) is 5.56 Å². The summed E-state index contributed by atoms with van der Waals surface area (Å²) in [6.45, 7) is -0.123. The number of nitrogens with zero attached hydrogens (tertiary/aromatic N) is 2. The first-order chi connectivity index (χ1) is 15.0. The molecule has 2 aliphatic rings. The number of ether oxygens (including phenoxy) is 2. The average molecular weight is 428 g/mol. The number of hydrogen-bond donors (Lipinski definition) is 1. The van der Waals surface area contributed by atoms with Crippen molar-refractivity contribution in [2.45, 2.75) is 64.0 Å². The lowest BCUT2D eigenvalue weighted by molar-refractivity contribution is -0.116. The molecule has 0 aliphatic heterocycles. The molecule has 0 bridgehead atoms. The molecule has 0 saturated heterocycles. The number of aromatic nitrogens is 2. The molecule has 0 radical (unpaired) electrons. The number of hydrogen-bond acceptors (Lipinski definition) is 5. The second-order valence-corrected chi connectivity index (χ2v) is 8.23. The van der Waals surface area contributed by atoms with E-state index in [0.29, 0.717) is 41.3 Å². The van der Waals surface area contributed by atoms with Crippen LogP contribution in [-0.4, -0.2) is 29.3 Å². The molecule has 1 N–H and O–H groups in total. The molecule has 2 aromatic rings. The Morgan fingerprint density at radius 3 is 2.48 bits per heavy atom. The van der Waals surface area contributed by atoms with E-state index in [2.05, 4.69) is 5.32 Å². The zero-order valence-electron chi connectivity index (χ0n) is 18.1. The van der Waals surface area contributed by atoms with Crippen LogP contribution in [0.15, 0.2) is 27.8 Å². The summed E-state index contributed by atoms with van der Waals surface area (Å²) in [6, 6.07) is 5.03. The Morgan fingerprint density at radius 2 is 1.77 bits per heavy atom. The monoisotopic (exact) mass is 427 g/mol. The van der Waals surface area contributed by atoms with Crippen molar-refractivity contribution in [3.8, 4) is 11.5 Å². The molecule has 1 amide bonds. The highest BCUT2D eigenvalue weighted by Crippen LogP contribution is 2.30. The molecule has 1 saturated carbocycles. The number of carbonyl (C=O) groups excluding carboxylic acids is 1.